The average Bonchev–Trinajstić information content (AvgIpc) is 2.57. The molecule has 0 radical (unpaired) electrons. The van der Waals surface area contributed by atoms with Crippen LogP contribution in [-0.2, 0) is 0 Å². The summed E-state index contributed by atoms with van der Waals surface area (Å²) in [6.07, 6.45) is 2.07. The van der Waals surface area contributed by atoms with Crippen molar-refractivity contribution in [2.75, 3.05) is 0 Å². The number of nitrogens with one attached hydrogen (secondary N) is 1. The first kappa shape index (κ1) is 10.7. The Balaban J connectivity index is 2.22. The van der Waals surface area contributed by atoms with Gasteiger partial charge in [-0.3, -0.25) is 0 Å². The molecular weight excluding hydrogens is 253 g/mol. The first-order valence-corrected chi connectivity index (χ1v) is 7.04. The normalized spacial score (nSPS) is 12.2. The van der Waals surface area contributed by atoms with E-state index >= 15 is 0 Å². The van der Waals surface area contributed by atoms with Crippen molar-refractivity contribution in [1.82, 2.24) is 4.98 Å². The van der Waals surface area contributed by atoms with Crippen LogP contribution < -0.4 is 4.46 Å². The Kier molecular flexibility index (Phi) is 2.87. The van der Waals surface area contributed by atoms with E-state index in [-0.39, 0.29) is 0 Å². The molecule has 0 fully saturated rings. The summed E-state index contributed by atoms with van der Waals surface area (Å²) in [5, 5.41) is 11.8. The van der Waals surface area contributed by atoms with E-state index < -0.39 is 5.60 Å². The fourth-order valence-corrected chi connectivity index (χ4v) is 3.48. The summed E-state index contributed by atoms with van der Waals surface area (Å²) < 4.78 is 1.35. The summed E-state index contributed by atoms with van der Waals surface area (Å²) in [4.78, 5) is 3.26. The summed E-state index contributed by atoms with van der Waals surface area (Å²) in [5.74, 6) is 0. The zero-order valence-corrected chi connectivity index (χ0v) is 10.7. The zero-order chi connectivity index (χ0) is 10.9. The molecule has 2 N–H and O–H groups in total. The molecule has 0 aliphatic heterocycles. The van der Waals surface area contributed by atoms with Gasteiger partial charge in [0.1, 0.15) is 0 Å². The summed E-state index contributed by atoms with van der Waals surface area (Å²) in [6, 6.07) is 8.30. The molecule has 0 atom stereocenters. The summed E-state index contributed by atoms with van der Waals surface area (Å²) in [5.41, 5.74) is 0.628. The molecule has 0 aliphatic rings. The van der Waals surface area contributed by atoms with Gasteiger partial charge >= 0.3 is 95.6 Å². The van der Waals surface area contributed by atoms with Gasteiger partial charge in [0.25, 0.3) is 0 Å². The van der Waals surface area contributed by atoms with Crippen LogP contribution in [0.4, 0.5) is 0 Å². The van der Waals surface area contributed by atoms with Crippen molar-refractivity contribution in [3.05, 3.63) is 30.5 Å². The number of hydrogen-bond acceptors (Lipinski definition) is 1. The molecule has 2 rings (SSSR count). The third-order valence-electron chi connectivity index (χ3n) is 2.13. The average molecular weight is 268 g/mol. The minimum absolute atomic E-state index is 0.331. The van der Waals surface area contributed by atoms with Gasteiger partial charge in [0, 0.05) is 0 Å². The number of aromatic amines is 1. The predicted molar refractivity (Wildman–Crippen MR) is 64.8 cm³/mol. The van der Waals surface area contributed by atoms with E-state index in [9.17, 15) is 5.11 Å². The van der Waals surface area contributed by atoms with Gasteiger partial charge in [0.2, 0.25) is 0 Å². The maximum atomic E-state index is 9.69. The molecule has 0 unspecified atom stereocenters. The van der Waals surface area contributed by atoms with Crippen molar-refractivity contribution in [1.29, 1.82) is 0 Å². The van der Waals surface area contributed by atoms with E-state index in [0.29, 0.717) is 15.0 Å². The summed E-state index contributed by atoms with van der Waals surface area (Å²) in [7, 11) is 0. The van der Waals surface area contributed by atoms with E-state index in [1.54, 1.807) is 0 Å². The first-order chi connectivity index (χ1) is 7.06. The van der Waals surface area contributed by atoms with Gasteiger partial charge < -0.3 is 0 Å². The molecule has 2 nitrogen and oxygen atoms in total. The fraction of sp³-hybridized carbons (Fsp3) is 0.333. The molecule has 0 saturated carbocycles. The van der Waals surface area contributed by atoms with Crippen LogP contribution in [0.2, 0.25) is 5.32 Å². The number of rotatable bonds is 3. The van der Waals surface area contributed by atoms with Gasteiger partial charge in [0.15, 0.2) is 0 Å². The van der Waals surface area contributed by atoms with Gasteiger partial charge in [-0.2, -0.15) is 0 Å². The molecule has 0 aliphatic carbocycles. The number of fused-ring (bicyclic) bond motifs is 1. The van der Waals surface area contributed by atoms with E-state index in [0.717, 1.165) is 5.32 Å². The van der Waals surface area contributed by atoms with Crippen LogP contribution in [0, 0.1) is 0 Å². The molecule has 0 spiro atoms. The van der Waals surface area contributed by atoms with Gasteiger partial charge in [-0.05, 0) is 0 Å². The number of hydrogen-bond donors (Lipinski definition) is 2. The van der Waals surface area contributed by atoms with E-state index in [1.807, 2.05) is 19.9 Å². The van der Waals surface area contributed by atoms with Gasteiger partial charge in [0.05, 0.1) is 0 Å². The molecule has 1 heterocycles. The third-order valence-corrected chi connectivity index (χ3v) is 5.28. The zero-order valence-electron chi connectivity index (χ0n) is 8.95. The predicted octanol–water partition coefficient (Wildman–Crippen LogP) is 1.69. The van der Waals surface area contributed by atoms with E-state index in [4.69, 9.17) is 0 Å². The SMILES string of the molecule is CC(C)(O)C[Se]c1c[nH]c2ccccc12. The monoisotopic (exact) mass is 269 g/mol. The number of aromatic nitrogens is 1. The number of H-pyrrole nitrogens is 1. The minimum atomic E-state index is -0.557. The first-order valence-electron chi connectivity index (χ1n) is 4.97. The molecule has 0 saturated heterocycles. The van der Waals surface area contributed by atoms with Crippen LogP contribution in [0.1, 0.15) is 13.8 Å². The second-order valence-electron chi connectivity index (χ2n) is 4.30. The van der Waals surface area contributed by atoms with Crippen molar-refractivity contribution in [2.24, 2.45) is 0 Å². The van der Waals surface area contributed by atoms with Crippen LogP contribution in [0.5, 0.6) is 0 Å². The van der Waals surface area contributed by atoms with Crippen molar-refractivity contribution in [3.8, 4) is 0 Å². The molecule has 1 aromatic heterocycles. The standard InChI is InChI=1S/C12H15NOSe/c1-12(2,14)8-15-11-7-13-10-6-4-3-5-9(10)11/h3-7,13-14H,8H2,1-2H3. The van der Waals surface area contributed by atoms with Crippen LogP contribution in [-0.4, -0.2) is 30.6 Å². The van der Waals surface area contributed by atoms with Crippen LogP contribution >= 0.6 is 0 Å². The van der Waals surface area contributed by atoms with Crippen LogP contribution in [0.25, 0.3) is 10.9 Å². The third kappa shape index (κ3) is 2.63. The van der Waals surface area contributed by atoms with Crippen LogP contribution in [0.15, 0.2) is 30.5 Å². The number of benzene rings is 1. The molecule has 2 aromatic rings. The molecule has 3 heteroatoms. The second-order valence-corrected chi connectivity index (χ2v) is 6.43. The fourth-order valence-electron chi connectivity index (χ4n) is 1.42. The molecule has 15 heavy (non-hydrogen) atoms. The Morgan fingerprint density at radius 3 is 2.80 bits per heavy atom. The van der Waals surface area contributed by atoms with Crippen molar-refractivity contribution < 1.29 is 5.11 Å². The van der Waals surface area contributed by atoms with Crippen LogP contribution in [0.3, 0.4) is 0 Å². The topological polar surface area (TPSA) is 36.0 Å². The number of para-hydroxylation sites is 1. The van der Waals surface area contributed by atoms with Gasteiger partial charge in [-0.1, -0.05) is 0 Å². The van der Waals surface area contributed by atoms with Crippen molar-refractivity contribution in [2.45, 2.75) is 24.8 Å². The Bertz CT molecular complexity index is 456. The van der Waals surface area contributed by atoms with Gasteiger partial charge in [-0.25, -0.2) is 0 Å². The quantitative estimate of drug-likeness (QED) is 0.816. The molecule has 0 amide bonds. The molecular formula is C12H15NOSe. The van der Waals surface area contributed by atoms with Crippen molar-refractivity contribution in [3.63, 3.8) is 0 Å². The summed E-state index contributed by atoms with van der Waals surface area (Å²) >= 11 is 0.331. The molecule has 80 valence electrons. The molecule has 0 bridgehead atoms. The Labute approximate surface area is 95.9 Å². The second kappa shape index (κ2) is 4.01. The maximum absolute atomic E-state index is 9.69. The Morgan fingerprint density at radius 2 is 2.07 bits per heavy atom. The van der Waals surface area contributed by atoms with E-state index in [2.05, 4.69) is 29.4 Å². The van der Waals surface area contributed by atoms with Crippen molar-refractivity contribution >= 4 is 30.3 Å². The summed E-state index contributed by atoms with van der Waals surface area (Å²) in [6.45, 7) is 3.73. The van der Waals surface area contributed by atoms with Gasteiger partial charge in [-0.15, -0.1) is 0 Å². The van der Waals surface area contributed by atoms with E-state index in [1.165, 1.54) is 15.4 Å². The Morgan fingerprint density at radius 1 is 1.33 bits per heavy atom. The molecule has 1 aromatic carbocycles. The Hall–Kier alpha value is -0.761. The number of aliphatic hydroxyl groups is 1.